The van der Waals surface area contributed by atoms with Gasteiger partial charge in [0.15, 0.2) is 0 Å². The molecule has 0 aliphatic carbocycles. The Morgan fingerprint density at radius 1 is 1.50 bits per heavy atom. The summed E-state index contributed by atoms with van der Waals surface area (Å²) in [6.45, 7) is 2.52. The zero-order valence-electron chi connectivity index (χ0n) is 8.21. The summed E-state index contributed by atoms with van der Waals surface area (Å²) in [6.07, 6.45) is 0.691. The lowest BCUT2D eigenvalue weighted by Gasteiger charge is -2.02. The summed E-state index contributed by atoms with van der Waals surface area (Å²) >= 11 is 0. The van der Waals surface area contributed by atoms with Crippen LogP contribution in [0.25, 0.3) is 0 Å². The van der Waals surface area contributed by atoms with Crippen LogP contribution >= 0.6 is 0 Å². The standard InChI is InChI=1S/C9H14N2O3/c1-2-14-9(13)4-3-7-11-8(12)5-6-10/h2-5,7H2,1H3,(H,11,12). The van der Waals surface area contributed by atoms with Gasteiger partial charge in [-0.05, 0) is 13.3 Å². The topological polar surface area (TPSA) is 79.2 Å². The van der Waals surface area contributed by atoms with Crippen LogP contribution in [0.2, 0.25) is 0 Å². The van der Waals surface area contributed by atoms with Gasteiger partial charge in [0.05, 0.1) is 12.7 Å². The molecule has 1 amide bonds. The van der Waals surface area contributed by atoms with E-state index in [-0.39, 0.29) is 18.3 Å². The molecule has 0 rings (SSSR count). The molecule has 0 fully saturated rings. The zero-order chi connectivity index (χ0) is 10.8. The molecule has 14 heavy (non-hydrogen) atoms. The summed E-state index contributed by atoms with van der Waals surface area (Å²) in [4.78, 5) is 21.6. The first-order valence-corrected chi connectivity index (χ1v) is 4.50. The molecule has 0 aliphatic heterocycles. The minimum atomic E-state index is -0.309. The van der Waals surface area contributed by atoms with E-state index in [2.05, 4.69) is 5.32 Å². The Balaban J connectivity index is 3.34. The molecule has 0 aromatic heterocycles. The number of hydrogen-bond donors (Lipinski definition) is 1. The first-order chi connectivity index (χ1) is 6.70. The molecule has 1 N–H and O–H groups in total. The first-order valence-electron chi connectivity index (χ1n) is 4.50. The highest BCUT2D eigenvalue weighted by Crippen LogP contribution is 1.91. The predicted octanol–water partition coefficient (Wildman–Crippen LogP) is 0.360. The Hall–Kier alpha value is -1.57. The molecule has 0 atom stereocenters. The largest absolute Gasteiger partial charge is 0.466 e. The van der Waals surface area contributed by atoms with Crippen molar-refractivity contribution in [3.8, 4) is 6.07 Å². The lowest BCUT2D eigenvalue weighted by Crippen LogP contribution is -2.24. The van der Waals surface area contributed by atoms with Gasteiger partial charge in [-0.2, -0.15) is 5.26 Å². The fourth-order valence-corrected chi connectivity index (χ4v) is 0.828. The summed E-state index contributed by atoms with van der Waals surface area (Å²) in [5.74, 6) is -0.571. The van der Waals surface area contributed by atoms with Gasteiger partial charge in [0.2, 0.25) is 5.91 Å². The lowest BCUT2D eigenvalue weighted by atomic mass is 10.3. The van der Waals surface area contributed by atoms with Gasteiger partial charge >= 0.3 is 5.97 Å². The van der Waals surface area contributed by atoms with Crippen molar-refractivity contribution in [2.75, 3.05) is 13.2 Å². The molecule has 0 aromatic rings. The van der Waals surface area contributed by atoms with E-state index in [9.17, 15) is 9.59 Å². The molecule has 0 radical (unpaired) electrons. The van der Waals surface area contributed by atoms with Crippen molar-refractivity contribution >= 4 is 11.9 Å². The SMILES string of the molecule is CCOC(=O)CCCNC(=O)CC#N. The number of nitriles is 1. The highest BCUT2D eigenvalue weighted by Gasteiger charge is 2.02. The van der Waals surface area contributed by atoms with Gasteiger partial charge in [-0.25, -0.2) is 0 Å². The molecule has 0 saturated heterocycles. The van der Waals surface area contributed by atoms with E-state index in [1.165, 1.54) is 0 Å². The van der Waals surface area contributed by atoms with Crippen molar-refractivity contribution in [2.45, 2.75) is 26.2 Å². The van der Waals surface area contributed by atoms with Gasteiger partial charge in [0.1, 0.15) is 6.42 Å². The highest BCUT2D eigenvalue weighted by atomic mass is 16.5. The number of amides is 1. The normalized spacial score (nSPS) is 8.86. The van der Waals surface area contributed by atoms with E-state index in [0.717, 1.165) is 0 Å². The first kappa shape index (κ1) is 12.4. The third-order valence-corrected chi connectivity index (χ3v) is 1.42. The number of nitrogens with one attached hydrogen (secondary N) is 1. The van der Waals surface area contributed by atoms with Crippen LogP contribution in [0.15, 0.2) is 0 Å². The van der Waals surface area contributed by atoms with E-state index in [1.54, 1.807) is 13.0 Å². The Morgan fingerprint density at radius 3 is 2.79 bits per heavy atom. The number of hydrogen-bond acceptors (Lipinski definition) is 4. The van der Waals surface area contributed by atoms with E-state index in [0.29, 0.717) is 26.0 Å². The van der Waals surface area contributed by atoms with Crippen molar-refractivity contribution in [1.29, 1.82) is 5.26 Å². The lowest BCUT2D eigenvalue weighted by molar-refractivity contribution is -0.143. The third kappa shape index (κ3) is 7.10. The molecule has 5 nitrogen and oxygen atoms in total. The van der Waals surface area contributed by atoms with E-state index < -0.39 is 0 Å². The molecule has 5 heteroatoms. The Bertz CT molecular complexity index is 233. The number of nitrogens with zero attached hydrogens (tertiary/aromatic N) is 1. The van der Waals surface area contributed by atoms with Gasteiger partial charge < -0.3 is 10.1 Å². The van der Waals surface area contributed by atoms with Gasteiger partial charge in [-0.3, -0.25) is 9.59 Å². The van der Waals surface area contributed by atoms with E-state index in [4.69, 9.17) is 10.00 Å². The summed E-state index contributed by atoms with van der Waals surface area (Å²) in [6, 6.07) is 1.73. The van der Waals surface area contributed by atoms with Crippen molar-refractivity contribution in [3.05, 3.63) is 0 Å². The molecular weight excluding hydrogens is 184 g/mol. The number of carbonyl (C=O) groups excluding carboxylic acids is 2. The number of ether oxygens (including phenoxy) is 1. The van der Waals surface area contributed by atoms with Crippen molar-refractivity contribution in [2.24, 2.45) is 0 Å². The second-order valence-corrected chi connectivity index (χ2v) is 2.59. The number of carbonyl (C=O) groups is 2. The second-order valence-electron chi connectivity index (χ2n) is 2.59. The van der Waals surface area contributed by atoms with Gasteiger partial charge in [-0.15, -0.1) is 0 Å². The average Bonchev–Trinajstić information content (AvgIpc) is 2.13. The van der Waals surface area contributed by atoms with Gasteiger partial charge in [0.25, 0.3) is 0 Å². The van der Waals surface area contributed by atoms with Crippen LogP contribution < -0.4 is 5.32 Å². The Labute approximate surface area is 83.0 Å². The predicted molar refractivity (Wildman–Crippen MR) is 49.1 cm³/mol. The van der Waals surface area contributed by atoms with Crippen LogP contribution in [0, 0.1) is 11.3 Å². The fraction of sp³-hybridized carbons (Fsp3) is 0.667. The molecule has 0 saturated carbocycles. The summed E-state index contributed by atoms with van der Waals surface area (Å²) in [7, 11) is 0. The third-order valence-electron chi connectivity index (χ3n) is 1.42. The molecule has 0 spiro atoms. The monoisotopic (exact) mass is 198 g/mol. The minimum Gasteiger partial charge on any atom is -0.466 e. The minimum absolute atomic E-state index is 0.139. The van der Waals surface area contributed by atoms with Crippen LogP contribution in [-0.4, -0.2) is 25.0 Å². The molecular formula is C9H14N2O3. The van der Waals surface area contributed by atoms with Crippen LogP contribution in [0.1, 0.15) is 26.2 Å². The van der Waals surface area contributed by atoms with Gasteiger partial charge in [0, 0.05) is 13.0 Å². The van der Waals surface area contributed by atoms with Crippen molar-refractivity contribution in [3.63, 3.8) is 0 Å². The maximum atomic E-state index is 10.8. The molecule has 0 aromatic carbocycles. The maximum absolute atomic E-state index is 10.8. The Kier molecular flexibility index (Phi) is 7.15. The average molecular weight is 198 g/mol. The molecule has 0 bridgehead atoms. The fourth-order valence-electron chi connectivity index (χ4n) is 0.828. The van der Waals surface area contributed by atoms with Crippen LogP contribution in [0.5, 0.6) is 0 Å². The quantitative estimate of drug-likeness (QED) is 0.493. The number of rotatable bonds is 6. The van der Waals surface area contributed by atoms with Crippen LogP contribution in [0.4, 0.5) is 0 Å². The molecule has 0 unspecified atom stereocenters. The van der Waals surface area contributed by atoms with Gasteiger partial charge in [-0.1, -0.05) is 0 Å². The second kappa shape index (κ2) is 8.05. The van der Waals surface area contributed by atoms with Crippen molar-refractivity contribution < 1.29 is 14.3 Å². The molecule has 0 aliphatic rings. The van der Waals surface area contributed by atoms with Crippen molar-refractivity contribution in [1.82, 2.24) is 5.32 Å². The molecule has 0 heterocycles. The van der Waals surface area contributed by atoms with E-state index >= 15 is 0 Å². The van der Waals surface area contributed by atoms with E-state index in [1.807, 2.05) is 0 Å². The summed E-state index contributed by atoms with van der Waals surface area (Å²) < 4.78 is 4.69. The van der Waals surface area contributed by atoms with Crippen LogP contribution in [-0.2, 0) is 14.3 Å². The highest BCUT2D eigenvalue weighted by molar-refractivity contribution is 5.78. The number of esters is 1. The zero-order valence-corrected chi connectivity index (χ0v) is 8.21. The summed E-state index contributed by atoms with van der Waals surface area (Å²) in [5.41, 5.74) is 0. The molecule has 78 valence electrons. The smallest absolute Gasteiger partial charge is 0.305 e. The maximum Gasteiger partial charge on any atom is 0.305 e. The Morgan fingerprint density at radius 2 is 2.21 bits per heavy atom. The summed E-state index contributed by atoms with van der Waals surface area (Å²) in [5, 5.41) is 10.7. The van der Waals surface area contributed by atoms with Crippen LogP contribution in [0.3, 0.4) is 0 Å².